The number of rotatable bonds is 4. The van der Waals surface area contributed by atoms with Crippen molar-refractivity contribution in [3.8, 4) is 0 Å². The monoisotopic (exact) mass is 327 g/mol. The Bertz CT molecular complexity index is 874. The Morgan fingerprint density at radius 3 is 2.57 bits per heavy atom. The molecule has 2 heterocycles. The Labute approximate surface area is 138 Å². The molecular weight excluding hydrogens is 310 g/mol. The average molecular weight is 327 g/mol. The van der Waals surface area contributed by atoms with Gasteiger partial charge in [0.15, 0.2) is 0 Å². The van der Waals surface area contributed by atoms with Crippen molar-refractivity contribution < 1.29 is 9.90 Å². The van der Waals surface area contributed by atoms with Gasteiger partial charge in [-0.2, -0.15) is 0 Å². The van der Waals surface area contributed by atoms with Gasteiger partial charge in [-0.1, -0.05) is 30.3 Å². The molecule has 5 nitrogen and oxygen atoms in total. The van der Waals surface area contributed by atoms with Gasteiger partial charge in [0.05, 0.1) is 5.39 Å². The number of hydrogen-bond acceptors (Lipinski definition) is 5. The summed E-state index contributed by atoms with van der Waals surface area (Å²) in [5.41, 5.74) is 1.90. The number of aromatic carboxylic acids is 1. The molecule has 0 saturated carbocycles. The highest BCUT2D eigenvalue weighted by molar-refractivity contribution is 7.20. The summed E-state index contributed by atoms with van der Waals surface area (Å²) in [5.74, 6) is 0.503. The maximum atomic E-state index is 11.4. The van der Waals surface area contributed by atoms with E-state index in [1.807, 2.05) is 44.0 Å². The van der Waals surface area contributed by atoms with Gasteiger partial charge in [-0.15, -0.1) is 11.3 Å². The molecule has 6 heteroatoms. The Hall–Kier alpha value is -2.47. The molecule has 0 fully saturated rings. The van der Waals surface area contributed by atoms with Crippen LogP contribution in [0.5, 0.6) is 0 Å². The molecule has 0 atom stereocenters. The smallest absolute Gasteiger partial charge is 0.346 e. The summed E-state index contributed by atoms with van der Waals surface area (Å²) < 4.78 is 0. The quantitative estimate of drug-likeness (QED) is 0.792. The minimum absolute atomic E-state index is 0.328. The summed E-state index contributed by atoms with van der Waals surface area (Å²) in [6, 6.07) is 10.1. The first-order valence-corrected chi connectivity index (χ1v) is 8.05. The van der Waals surface area contributed by atoms with Gasteiger partial charge in [0.25, 0.3) is 0 Å². The normalized spacial score (nSPS) is 10.9. The van der Waals surface area contributed by atoms with Gasteiger partial charge in [-0.25, -0.2) is 14.8 Å². The molecule has 2 aromatic heterocycles. The molecule has 0 unspecified atom stereocenters. The number of aromatic nitrogens is 2. The molecule has 23 heavy (non-hydrogen) atoms. The Morgan fingerprint density at radius 1 is 1.22 bits per heavy atom. The van der Waals surface area contributed by atoms with Crippen molar-refractivity contribution in [3.63, 3.8) is 0 Å². The molecule has 1 aromatic carbocycles. The van der Waals surface area contributed by atoms with Crippen molar-refractivity contribution >= 4 is 33.3 Å². The van der Waals surface area contributed by atoms with Crippen LogP contribution in [-0.4, -0.2) is 28.1 Å². The number of anilines is 1. The first-order chi connectivity index (χ1) is 11.0. The van der Waals surface area contributed by atoms with Crippen molar-refractivity contribution in [1.82, 2.24) is 9.97 Å². The number of carbonyl (C=O) groups is 1. The van der Waals surface area contributed by atoms with Gasteiger partial charge in [0.2, 0.25) is 0 Å². The molecule has 0 spiro atoms. The van der Waals surface area contributed by atoms with Crippen molar-refractivity contribution in [2.75, 3.05) is 11.9 Å². The van der Waals surface area contributed by atoms with E-state index in [-0.39, 0.29) is 0 Å². The third kappa shape index (κ3) is 2.90. The number of carboxylic acids is 1. The number of nitrogens with zero attached hydrogens (tertiary/aromatic N) is 3. The number of aryl methyl sites for hydroxylation is 2. The minimum Gasteiger partial charge on any atom is -0.477 e. The van der Waals surface area contributed by atoms with Crippen LogP contribution in [0.3, 0.4) is 0 Å². The zero-order valence-corrected chi connectivity index (χ0v) is 14.0. The van der Waals surface area contributed by atoms with Gasteiger partial charge in [0.1, 0.15) is 21.3 Å². The van der Waals surface area contributed by atoms with E-state index in [1.165, 1.54) is 16.9 Å². The lowest BCUT2D eigenvalue weighted by Gasteiger charge is -2.20. The highest BCUT2D eigenvalue weighted by Crippen LogP contribution is 2.35. The second-order valence-electron chi connectivity index (χ2n) is 5.48. The van der Waals surface area contributed by atoms with E-state index in [4.69, 9.17) is 0 Å². The highest BCUT2D eigenvalue weighted by atomic mass is 32.1. The van der Waals surface area contributed by atoms with Gasteiger partial charge in [0, 0.05) is 13.6 Å². The maximum Gasteiger partial charge on any atom is 0.346 e. The first kappa shape index (κ1) is 15.4. The third-order valence-electron chi connectivity index (χ3n) is 3.70. The third-order valence-corrected chi connectivity index (χ3v) is 4.87. The van der Waals surface area contributed by atoms with E-state index in [0.29, 0.717) is 17.2 Å². The Morgan fingerprint density at radius 2 is 1.91 bits per heavy atom. The number of benzene rings is 1. The van der Waals surface area contributed by atoms with E-state index in [1.54, 1.807) is 0 Å². The molecule has 0 saturated heterocycles. The molecule has 3 aromatic rings. The van der Waals surface area contributed by atoms with Crippen molar-refractivity contribution in [2.45, 2.75) is 20.4 Å². The van der Waals surface area contributed by atoms with E-state index >= 15 is 0 Å². The van der Waals surface area contributed by atoms with Crippen LogP contribution in [0.25, 0.3) is 10.2 Å². The van der Waals surface area contributed by atoms with Crippen molar-refractivity contribution in [2.24, 2.45) is 0 Å². The lowest BCUT2D eigenvalue weighted by molar-refractivity contribution is 0.0701. The molecule has 0 aliphatic heterocycles. The molecule has 0 aliphatic rings. The SMILES string of the molecule is Cc1nc(N(C)Cc2ccccc2)c2c(C)c(C(=O)O)sc2n1. The first-order valence-electron chi connectivity index (χ1n) is 7.23. The van der Waals surface area contributed by atoms with Gasteiger partial charge >= 0.3 is 5.97 Å². The number of hydrogen-bond donors (Lipinski definition) is 1. The summed E-state index contributed by atoms with van der Waals surface area (Å²) in [5, 5.41) is 10.2. The average Bonchev–Trinajstić information content (AvgIpc) is 2.84. The van der Waals surface area contributed by atoms with Crippen molar-refractivity contribution in [3.05, 3.63) is 52.2 Å². The molecular formula is C17H17N3O2S. The number of fused-ring (bicyclic) bond motifs is 1. The fourth-order valence-electron chi connectivity index (χ4n) is 2.63. The molecule has 118 valence electrons. The summed E-state index contributed by atoms with van der Waals surface area (Å²) >= 11 is 1.21. The second kappa shape index (κ2) is 5.96. The highest BCUT2D eigenvalue weighted by Gasteiger charge is 2.21. The van der Waals surface area contributed by atoms with Crippen LogP contribution < -0.4 is 4.90 Å². The topological polar surface area (TPSA) is 66.3 Å². The lowest BCUT2D eigenvalue weighted by atomic mass is 10.1. The fourth-order valence-corrected chi connectivity index (χ4v) is 3.69. The van der Waals surface area contributed by atoms with Gasteiger partial charge in [-0.05, 0) is 25.0 Å². The van der Waals surface area contributed by atoms with Crippen LogP contribution in [-0.2, 0) is 6.54 Å². The Balaban J connectivity index is 2.10. The zero-order valence-electron chi connectivity index (χ0n) is 13.2. The molecule has 1 N–H and O–H groups in total. The summed E-state index contributed by atoms with van der Waals surface area (Å²) in [6.45, 7) is 4.35. The van der Waals surface area contributed by atoms with Crippen LogP contribution >= 0.6 is 11.3 Å². The van der Waals surface area contributed by atoms with Gasteiger partial charge < -0.3 is 10.0 Å². The van der Waals surface area contributed by atoms with Crippen LogP contribution in [0.4, 0.5) is 5.82 Å². The lowest BCUT2D eigenvalue weighted by Crippen LogP contribution is -2.18. The zero-order chi connectivity index (χ0) is 16.6. The number of thiophene rings is 1. The minimum atomic E-state index is -0.917. The van der Waals surface area contributed by atoms with E-state index in [2.05, 4.69) is 22.1 Å². The van der Waals surface area contributed by atoms with E-state index < -0.39 is 5.97 Å². The van der Waals surface area contributed by atoms with Crippen LogP contribution in [0.15, 0.2) is 30.3 Å². The molecule has 0 bridgehead atoms. The Kier molecular flexibility index (Phi) is 4.00. The standard InChI is InChI=1S/C17H17N3O2S/c1-10-13-15(20(3)9-12-7-5-4-6-8-12)18-11(2)19-16(13)23-14(10)17(21)22/h4-8H,9H2,1-3H3,(H,21,22). The summed E-state index contributed by atoms with van der Waals surface area (Å²) in [4.78, 5) is 23.5. The maximum absolute atomic E-state index is 11.4. The molecule has 3 rings (SSSR count). The predicted molar refractivity (Wildman–Crippen MR) is 92.4 cm³/mol. The fraction of sp³-hybridized carbons (Fsp3) is 0.235. The van der Waals surface area contributed by atoms with Crippen molar-refractivity contribution in [1.29, 1.82) is 0 Å². The second-order valence-corrected chi connectivity index (χ2v) is 6.48. The molecule has 0 radical (unpaired) electrons. The number of carboxylic acid groups (broad SMARTS) is 1. The summed E-state index contributed by atoms with van der Waals surface area (Å²) in [7, 11) is 1.96. The molecule has 0 aliphatic carbocycles. The van der Waals surface area contributed by atoms with E-state index in [9.17, 15) is 9.90 Å². The largest absolute Gasteiger partial charge is 0.477 e. The van der Waals surface area contributed by atoms with Crippen LogP contribution in [0.2, 0.25) is 0 Å². The van der Waals surface area contributed by atoms with Gasteiger partial charge in [-0.3, -0.25) is 0 Å². The van der Waals surface area contributed by atoms with Crippen LogP contribution in [0, 0.1) is 13.8 Å². The van der Waals surface area contributed by atoms with Crippen LogP contribution in [0.1, 0.15) is 26.6 Å². The predicted octanol–water partition coefficient (Wildman–Crippen LogP) is 3.64. The molecule has 0 amide bonds. The summed E-state index contributed by atoms with van der Waals surface area (Å²) in [6.07, 6.45) is 0. The van der Waals surface area contributed by atoms with E-state index in [0.717, 1.165) is 21.6 Å².